The molecule has 6 fully saturated rings. The number of hydrogen-bond donors (Lipinski definition) is 0. The van der Waals surface area contributed by atoms with Gasteiger partial charge in [-0.05, 0) is 234 Å². The first-order valence-corrected chi connectivity index (χ1v) is 25.7. The van der Waals surface area contributed by atoms with E-state index in [1.165, 1.54) is 78.7 Å². The Hall–Kier alpha value is -4.97. The zero-order valence-corrected chi connectivity index (χ0v) is 39.3. The van der Waals surface area contributed by atoms with Crippen molar-refractivity contribution in [1.29, 1.82) is 0 Å². The lowest BCUT2D eigenvalue weighted by Gasteiger charge is -2.59. The van der Waals surface area contributed by atoms with Gasteiger partial charge in [-0.25, -0.2) is 0 Å². The molecular formula is C61H65F3O3. The lowest BCUT2D eigenvalue weighted by atomic mass is 9.46. The minimum atomic E-state index is -4.28. The van der Waals surface area contributed by atoms with Crippen LogP contribution in [0, 0.1) is 52.3 Å². The quantitative estimate of drug-likeness (QED) is 0.102. The Balaban J connectivity index is 0.744. The molecule has 4 bridgehead atoms. The molecule has 3 nitrogen and oxygen atoms in total. The maximum Gasteiger partial charge on any atom is 0.394 e. The van der Waals surface area contributed by atoms with E-state index in [0.29, 0.717) is 28.6 Å². The Morgan fingerprint density at radius 1 is 0.537 bits per heavy atom. The van der Waals surface area contributed by atoms with Gasteiger partial charge in [0.2, 0.25) is 0 Å². The minimum absolute atomic E-state index is 0.216. The van der Waals surface area contributed by atoms with Crippen LogP contribution in [0.4, 0.5) is 13.2 Å². The molecule has 6 saturated carbocycles. The average molecular weight is 903 g/mol. The largest absolute Gasteiger partial charge is 0.493 e. The van der Waals surface area contributed by atoms with Crippen LogP contribution < -0.4 is 14.2 Å². The van der Waals surface area contributed by atoms with Gasteiger partial charge in [0.15, 0.2) is 0 Å². The first-order chi connectivity index (χ1) is 32.4. The highest BCUT2D eigenvalue weighted by molar-refractivity contribution is 5.98. The Morgan fingerprint density at radius 2 is 1.10 bits per heavy atom. The normalized spacial score (nSPS) is 30.8. The van der Waals surface area contributed by atoms with Crippen LogP contribution in [0.3, 0.4) is 0 Å². The predicted molar refractivity (Wildman–Crippen MR) is 262 cm³/mol. The van der Waals surface area contributed by atoms with E-state index in [1.807, 2.05) is 30.3 Å². The van der Waals surface area contributed by atoms with Crippen molar-refractivity contribution in [2.45, 2.75) is 121 Å². The van der Waals surface area contributed by atoms with Crippen LogP contribution >= 0.6 is 0 Å². The molecule has 0 saturated heterocycles. The van der Waals surface area contributed by atoms with Crippen LogP contribution in [0.25, 0.3) is 21.5 Å². The molecule has 348 valence electrons. The molecule has 13 atom stereocenters. The van der Waals surface area contributed by atoms with Gasteiger partial charge in [0.05, 0.1) is 12.5 Å². The van der Waals surface area contributed by atoms with Crippen molar-refractivity contribution in [2.75, 3.05) is 6.61 Å². The first kappa shape index (κ1) is 43.3. The lowest BCUT2D eigenvalue weighted by molar-refractivity contribution is -0.176. The van der Waals surface area contributed by atoms with Crippen molar-refractivity contribution in [3.63, 3.8) is 0 Å². The number of rotatable bonds is 14. The van der Waals surface area contributed by atoms with Gasteiger partial charge in [-0.15, -0.1) is 0 Å². The molecule has 13 unspecified atom stereocenters. The number of ether oxygens (including phenoxy) is 3. The van der Waals surface area contributed by atoms with Crippen molar-refractivity contribution in [2.24, 2.45) is 52.3 Å². The summed E-state index contributed by atoms with van der Waals surface area (Å²) in [6.45, 7) is 5.35. The molecular weight excluding hydrogens is 838 g/mol. The third kappa shape index (κ3) is 7.81. The van der Waals surface area contributed by atoms with E-state index in [1.54, 1.807) is 6.42 Å². The van der Waals surface area contributed by atoms with E-state index >= 15 is 0 Å². The van der Waals surface area contributed by atoms with Crippen molar-refractivity contribution < 1.29 is 27.4 Å². The van der Waals surface area contributed by atoms with Crippen molar-refractivity contribution in [3.05, 3.63) is 144 Å². The van der Waals surface area contributed by atoms with Crippen LogP contribution in [0.2, 0.25) is 0 Å². The fourth-order valence-corrected chi connectivity index (χ4v) is 15.9. The van der Waals surface area contributed by atoms with Crippen molar-refractivity contribution in [1.82, 2.24) is 0 Å². The summed E-state index contributed by atoms with van der Waals surface area (Å²) in [4.78, 5) is 0. The summed E-state index contributed by atoms with van der Waals surface area (Å²) in [5.41, 5.74) is 4.97. The van der Waals surface area contributed by atoms with Crippen LogP contribution in [0.5, 0.6) is 23.0 Å². The van der Waals surface area contributed by atoms with Crippen LogP contribution in [0.15, 0.2) is 127 Å². The molecule has 0 heterocycles. The third-order valence-corrected chi connectivity index (χ3v) is 19.0. The number of alkyl halides is 3. The van der Waals surface area contributed by atoms with E-state index in [-0.39, 0.29) is 17.8 Å². The van der Waals surface area contributed by atoms with Gasteiger partial charge in [-0.2, -0.15) is 13.2 Å². The van der Waals surface area contributed by atoms with Crippen molar-refractivity contribution in [3.8, 4) is 23.0 Å². The van der Waals surface area contributed by atoms with Gasteiger partial charge in [0, 0.05) is 0 Å². The molecule has 6 aromatic carbocycles. The Morgan fingerprint density at radius 3 is 1.81 bits per heavy atom. The highest BCUT2D eigenvalue weighted by atomic mass is 19.4. The zero-order valence-electron chi connectivity index (χ0n) is 39.3. The van der Waals surface area contributed by atoms with Crippen LogP contribution in [0.1, 0.15) is 126 Å². The summed E-state index contributed by atoms with van der Waals surface area (Å²) in [6.07, 6.45) is 11.1. The highest BCUT2D eigenvalue weighted by Crippen LogP contribution is 2.80. The van der Waals surface area contributed by atoms with E-state index in [2.05, 4.69) is 111 Å². The van der Waals surface area contributed by atoms with Gasteiger partial charge in [0.25, 0.3) is 0 Å². The maximum atomic E-state index is 13.2. The molecule has 0 N–H and O–H groups in total. The molecule has 67 heavy (non-hydrogen) atoms. The number of halogens is 3. The Bertz CT molecular complexity index is 2750. The summed E-state index contributed by atoms with van der Waals surface area (Å²) in [7, 11) is 0. The fraction of sp³-hybridized carbons (Fsp3) is 0.475. The topological polar surface area (TPSA) is 27.7 Å². The molecule has 6 heteroatoms. The molecule has 0 amide bonds. The minimum Gasteiger partial charge on any atom is -0.493 e. The second kappa shape index (κ2) is 16.6. The standard InChI is InChI=1S/C61H65F3O3/c1-37(40-8-15-49(16-9-40)65-36-39(3)61(62,63)64)28-47(29-38(2)41-10-17-50(18-11-41)66-52-21-14-45-30-43-6-4-5-7-44(43)31-48(45)32-52)42-12-19-51(20-13-42)67-56-35-60-27-23-53-46-22-25-59(33-46)26-24-54(55(56)34-60)58(60)57(53)59/h4-21,30-32,37-39,46-47,53-58H,22-29,33-36H2,1-3H3. The zero-order chi connectivity index (χ0) is 45.7. The molecule has 6 aliphatic rings. The first-order valence-electron chi connectivity index (χ1n) is 25.7. The maximum absolute atomic E-state index is 13.2. The average Bonchev–Trinajstić information content (AvgIpc) is 4.09. The van der Waals surface area contributed by atoms with E-state index < -0.39 is 18.7 Å². The lowest BCUT2D eigenvalue weighted by Crippen LogP contribution is -2.54. The molecule has 6 aliphatic carbocycles. The molecule has 0 aromatic heterocycles. The van der Waals surface area contributed by atoms with Crippen LogP contribution in [-0.2, 0) is 0 Å². The van der Waals surface area contributed by atoms with Crippen molar-refractivity contribution >= 4 is 21.5 Å². The number of hydrogen-bond acceptors (Lipinski definition) is 3. The smallest absolute Gasteiger partial charge is 0.394 e. The monoisotopic (exact) mass is 902 g/mol. The van der Waals surface area contributed by atoms with Gasteiger partial charge in [-0.3, -0.25) is 0 Å². The fourth-order valence-electron chi connectivity index (χ4n) is 15.9. The molecule has 2 spiro atoms. The third-order valence-electron chi connectivity index (χ3n) is 19.0. The second-order valence-corrected chi connectivity index (χ2v) is 22.7. The Kier molecular flexibility index (Phi) is 10.7. The van der Waals surface area contributed by atoms with Crippen LogP contribution in [-0.4, -0.2) is 18.9 Å². The predicted octanol–water partition coefficient (Wildman–Crippen LogP) is 16.8. The van der Waals surface area contributed by atoms with E-state index in [4.69, 9.17) is 14.2 Å². The molecule has 0 aliphatic heterocycles. The highest BCUT2D eigenvalue weighted by Gasteiger charge is 2.74. The number of fused-ring (bicyclic) bond motifs is 6. The molecule has 0 radical (unpaired) electrons. The number of benzene rings is 6. The van der Waals surface area contributed by atoms with E-state index in [9.17, 15) is 13.2 Å². The second-order valence-electron chi connectivity index (χ2n) is 22.7. The van der Waals surface area contributed by atoms with Gasteiger partial charge < -0.3 is 14.2 Å². The van der Waals surface area contributed by atoms with Gasteiger partial charge in [0.1, 0.15) is 29.1 Å². The summed E-state index contributed by atoms with van der Waals surface area (Å²) in [6, 6.07) is 44.6. The summed E-state index contributed by atoms with van der Waals surface area (Å²) >= 11 is 0. The molecule has 12 rings (SSSR count). The Labute approximate surface area is 394 Å². The molecule has 6 aromatic rings. The van der Waals surface area contributed by atoms with Gasteiger partial charge >= 0.3 is 6.18 Å². The SMILES string of the molecule is CC(CC(CC(C)c1ccc(Oc2ccc3cc4ccccc4cc3c2)cc1)c1ccc(OC2CC34CCC5C6CCC7(CCC(C2C3)C4C57)C6)cc1)c1ccc(OCC(C)C(F)(F)F)cc1. The summed E-state index contributed by atoms with van der Waals surface area (Å²) < 4.78 is 58.5. The summed E-state index contributed by atoms with van der Waals surface area (Å²) in [5, 5.41) is 4.80. The van der Waals surface area contributed by atoms with E-state index in [0.717, 1.165) is 77.6 Å². The summed E-state index contributed by atoms with van der Waals surface area (Å²) in [5.74, 6) is 7.98. The van der Waals surface area contributed by atoms with Gasteiger partial charge in [-0.1, -0.05) is 87.5 Å².